The van der Waals surface area contributed by atoms with Crippen LogP contribution < -0.4 is 10.1 Å². The predicted octanol–water partition coefficient (Wildman–Crippen LogP) is 2.90. The summed E-state index contributed by atoms with van der Waals surface area (Å²) in [7, 11) is 1.25. The normalized spacial score (nSPS) is 17.3. The molecule has 0 bridgehead atoms. The summed E-state index contributed by atoms with van der Waals surface area (Å²) >= 11 is 0. The lowest BCUT2D eigenvalue weighted by molar-refractivity contribution is 0.414. The van der Waals surface area contributed by atoms with E-state index in [4.69, 9.17) is 9.73 Å². The Labute approximate surface area is 185 Å². The second kappa shape index (κ2) is 10.2. The van der Waals surface area contributed by atoms with E-state index in [1.807, 2.05) is 31.2 Å². The van der Waals surface area contributed by atoms with Crippen molar-refractivity contribution in [1.82, 2.24) is 14.5 Å². The topological polar surface area (TPSA) is 74.2 Å². The predicted molar refractivity (Wildman–Crippen MR) is 124 cm³/mol. The molecule has 1 fully saturated rings. The molecule has 3 rings (SSSR count). The van der Waals surface area contributed by atoms with E-state index in [9.17, 15) is 8.42 Å². The number of rotatable bonds is 7. The van der Waals surface area contributed by atoms with E-state index in [0.29, 0.717) is 22.9 Å². The van der Waals surface area contributed by atoms with Crippen LogP contribution in [0.15, 0.2) is 58.4 Å². The molecule has 1 saturated heterocycles. The average molecular weight is 445 g/mol. The van der Waals surface area contributed by atoms with Gasteiger partial charge in [-0.15, -0.1) is 0 Å². The van der Waals surface area contributed by atoms with Gasteiger partial charge in [0.05, 0.1) is 18.6 Å². The third-order valence-corrected chi connectivity index (χ3v) is 7.46. The minimum absolute atomic E-state index is 0.301. The second-order valence-corrected chi connectivity index (χ2v) is 9.89. The highest BCUT2D eigenvalue weighted by Gasteiger charge is 2.26. The van der Waals surface area contributed by atoms with Crippen LogP contribution in [0.2, 0.25) is 0 Å². The molecular weight excluding hydrogens is 412 g/mol. The van der Waals surface area contributed by atoms with Gasteiger partial charge in [-0.2, -0.15) is 0 Å². The largest absolute Gasteiger partial charge is 0.497 e. The van der Waals surface area contributed by atoms with Gasteiger partial charge in [0.1, 0.15) is 5.75 Å². The van der Waals surface area contributed by atoms with Gasteiger partial charge in [-0.1, -0.05) is 30.3 Å². The standard InChI is InChI=1S/C23H32N4O3S/c1-5-24-23(25-16-19-8-6-7-9-22(19)31(28,29)26(2)3)27-15-14-20(17-27)18-10-12-21(30-4)13-11-18/h6-13,20H,5,14-17H2,1-4H3,(H,24,25). The third-order valence-electron chi connectivity index (χ3n) is 5.54. The average Bonchev–Trinajstić information content (AvgIpc) is 3.27. The molecule has 8 heteroatoms. The SMILES string of the molecule is CCNC(=NCc1ccccc1S(=O)(=O)N(C)C)N1CCC(c2ccc(OC)cc2)C1. The van der Waals surface area contributed by atoms with Crippen molar-refractivity contribution in [1.29, 1.82) is 0 Å². The maximum atomic E-state index is 12.7. The summed E-state index contributed by atoms with van der Waals surface area (Å²) in [6, 6.07) is 15.3. The van der Waals surface area contributed by atoms with Crippen LogP contribution in [0.4, 0.5) is 0 Å². The molecule has 0 aromatic heterocycles. The number of hydrogen-bond donors (Lipinski definition) is 1. The minimum Gasteiger partial charge on any atom is -0.497 e. The van der Waals surface area contributed by atoms with Gasteiger partial charge < -0.3 is 15.0 Å². The molecule has 1 N–H and O–H groups in total. The van der Waals surface area contributed by atoms with Gasteiger partial charge in [0, 0.05) is 39.6 Å². The number of nitrogens with zero attached hydrogens (tertiary/aromatic N) is 3. The highest BCUT2D eigenvalue weighted by Crippen LogP contribution is 2.28. The van der Waals surface area contributed by atoms with Crippen LogP contribution in [0.1, 0.15) is 30.4 Å². The molecule has 0 radical (unpaired) electrons. The van der Waals surface area contributed by atoms with Crippen LogP contribution in [0.3, 0.4) is 0 Å². The first kappa shape index (κ1) is 23.1. The molecule has 0 saturated carbocycles. The molecule has 0 amide bonds. The number of guanidine groups is 1. The van der Waals surface area contributed by atoms with E-state index in [1.54, 1.807) is 33.3 Å². The van der Waals surface area contributed by atoms with Gasteiger partial charge in [-0.25, -0.2) is 17.7 Å². The highest BCUT2D eigenvalue weighted by molar-refractivity contribution is 7.89. The number of methoxy groups -OCH3 is 1. The van der Waals surface area contributed by atoms with Crippen LogP contribution in [0.5, 0.6) is 5.75 Å². The molecular formula is C23H32N4O3S. The van der Waals surface area contributed by atoms with Crippen LogP contribution in [-0.4, -0.2) is 64.4 Å². The molecule has 0 spiro atoms. The van der Waals surface area contributed by atoms with Crippen molar-refractivity contribution in [3.63, 3.8) is 0 Å². The quantitative estimate of drug-likeness (QED) is 0.525. The number of nitrogens with one attached hydrogen (secondary N) is 1. The Hall–Kier alpha value is -2.58. The molecule has 7 nitrogen and oxygen atoms in total. The van der Waals surface area contributed by atoms with Crippen molar-refractivity contribution >= 4 is 16.0 Å². The fourth-order valence-corrected chi connectivity index (χ4v) is 4.88. The van der Waals surface area contributed by atoms with E-state index in [1.165, 1.54) is 9.87 Å². The van der Waals surface area contributed by atoms with Crippen molar-refractivity contribution in [3.8, 4) is 5.75 Å². The lowest BCUT2D eigenvalue weighted by Gasteiger charge is -2.22. The summed E-state index contributed by atoms with van der Waals surface area (Å²) in [6.45, 7) is 4.86. The van der Waals surface area contributed by atoms with E-state index in [2.05, 4.69) is 22.3 Å². The first-order valence-corrected chi connectivity index (χ1v) is 12.0. The molecule has 31 heavy (non-hydrogen) atoms. The molecule has 1 atom stereocenters. The van der Waals surface area contributed by atoms with Crippen molar-refractivity contribution in [2.24, 2.45) is 4.99 Å². The Balaban J connectivity index is 1.77. The highest BCUT2D eigenvalue weighted by atomic mass is 32.2. The summed E-state index contributed by atoms with van der Waals surface area (Å²) in [5, 5.41) is 3.36. The summed E-state index contributed by atoms with van der Waals surface area (Å²) in [5.41, 5.74) is 1.99. The van der Waals surface area contributed by atoms with Crippen LogP contribution >= 0.6 is 0 Å². The molecule has 1 heterocycles. The molecule has 168 valence electrons. The first-order valence-electron chi connectivity index (χ1n) is 10.5. The number of benzene rings is 2. The Morgan fingerprint density at radius 1 is 1.19 bits per heavy atom. The van der Waals surface area contributed by atoms with Crippen LogP contribution in [0.25, 0.3) is 0 Å². The van der Waals surface area contributed by atoms with Gasteiger partial charge in [-0.3, -0.25) is 0 Å². The number of ether oxygens (including phenoxy) is 1. The van der Waals surface area contributed by atoms with Gasteiger partial charge in [-0.05, 0) is 42.7 Å². The van der Waals surface area contributed by atoms with Crippen LogP contribution in [0, 0.1) is 0 Å². The fraction of sp³-hybridized carbons (Fsp3) is 0.435. The monoisotopic (exact) mass is 444 g/mol. The summed E-state index contributed by atoms with van der Waals surface area (Å²) in [5.74, 6) is 2.10. The van der Waals surface area contributed by atoms with E-state index >= 15 is 0 Å². The van der Waals surface area contributed by atoms with Crippen molar-refractivity contribution in [3.05, 3.63) is 59.7 Å². The third kappa shape index (κ3) is 5.37. The summed E-state index contributed by atoms with van der Waals surface area (Å²) in [4.78, 5) is 7.34. The lowest BCUT2D eigenvalue weighted by Crippen LogP contribution is -2.40. The zero-order valence-electron chi connectivity index (χ0n) is 18.7. The zero-order valence-corrected chi connectivity index (χ0v) is 19.5. The van der Waals surface area contributed by atoms with Gasteiger partial charge in [0.15, 0.2) is 5.96 Å². The van der Waals surface area contributed by atoms with E-state index < -0.39 is 10.0 Å². The fourth-order valence-electron chi connectivity index (χ4n) is 3.77. The Kier molecular flexibility index (Phi) is 7.56. The lowest BCUT2D eigenvalue weighted by atomic mass is 9.98. The van der Waals surface area contributed by atoms with Gasteiger partial charge >= 0.3 is 0 Å². The molecule has 1 aliphatic heterocycles. The Bertz CT molecular complexity index is 1000. The van der Waals surface area contributed by atoms with Crippen molar-refractivity contribution in [2.75, 3.05) is 40.8 Å². The maximum absolute atomic E-state index is 12.7. The van der Waals surface area contributed by atoms with E-state index in [0.717, 1.165) is 37.8 Å². The number of sulfonamides is 1. The minimum atomic E-state index is -3.52. The number of aliphatic imine (C=N–C) groups is 1. The molecule has 1 aliphatic rings. The van der Waals surface area contributed by atoms with Crippen molar-refractivity contribution < 1.29 is 13.2 Å². The molecule has 2 aromatic rings. The molecule has 1 unspecified atom stereocenters. The zero-order chi connectivity index (χ0) is 22.4. The van der Waals surface area contributed by atoms with Crippen LogP contribution in [-0.2, 0) is 16.6 Å². The summed E-state index contributed by atoms with van der Waals surface area (Å²) in [6.07, 6.45) is 1.04. The number of likely N-dealkylation sites (tertiary alicyclic amines) is 1. The Morgan fingerprint density at radius 2 is 1.90 bits per heavy atom. The van der Waals surface area contributed by atoms with E-state index in [-0.39, 0.29) is 0 Å². The van der Waals surface area contributed by atoms with Crippen molar-refractivity contribution in [2.45, 2.75) is 30.7 Å². The second-order valence-electron chi connectivity index (χ2n) is 7.77. The molecule has 0 aliphatic carbocycles. The maximum Gasteiger partial charge on any atom is 0.242 e. The Morgan fingerprint density at radius 3 is 2.55 bits per heavy atom. The smallest absolute Gasteiger partial charge is 0.242 e. The summed E-state index contributed by atoms with van der Waals surface area (Å²) < 4.78 is 31.8. The van der Waals surface area contributed by atoms with Gasteiger partial charge in [0.2, 0.25) is 10.0 Å². The molecule has 2 aromatic carbocycles. The number of hydrogen-bond acceptors (Lipinski definition) is 4. The first-order chi connectivity index (χ1) is 14.9. The van der Waals surface area contributed by atoms with Gasteiger partial charge in [0.25, 0.3) is 0 Å².